The van der Waals surface area contributed by atoms with Crippen LogP contribution in [0.25, 0.3) is 11.3 Å². The predicted octanol–water partition coefficient (Wildman–Crippen LogP) is 3.74. The van der Waals surface area contributed by atoms with Gasteiger partial charge in [-0.3, -0.25) is 9.59 Å². The lowest BCUT2D eigenvalue weighted by atomic mass is 10.1. The van der Waals surface area contributed by atoms with Crippen LogP contribution in [0.3, 0.4) is 0 Å². The average Bonchev–Trinajstić information content (AvgIpc) is 2.69. The van der Waals surface area contributed by atoms with Crippen LogP contribution in [-0.4, -0.2) is 21.1 Å². The van der Waals surface area contributed by atoms with Gasteiger partial charge < -0.3 is 10.3 Å². The van der Waals surface area contributed by atoms with E-state index in [9.17, 15) is 14.9 Å². The zero-order valence-corrected chi connectivity index (χ0v) is 16.2. The second-order valence-electron chi connectivity index (χ2n) is 6.19. The number of aromatic amines is 1. The number of aryl methyl sites for hydroxylation is 1. The fraction of sp³-hybridized carbons (Fsp3) is 0.143. The van der Waals surface area contributed by atoms with Crippen LogP contribution in [0.15, 0.2) is 64.5 Å². The SMILES string of the molecule is Cc1ccc(-c2nc(S[C@@H](C)C(=O)Nc3ccccc3)[nH]c(=O)c2C#N)cc1. The normalized spacial score (nSPS) is 11.5. The van der Waals surface area contributed by atoms with Crippen LogP contribution in [0.4, 0.5) is 5.69 Å². The molecule has 1 heterocycles. The first-order chi connectivity index (χ1) is 13.5. The number of carbonyl (C=O) groups is 1. The summed E-state index contributed by atoms with van der Waals surface area (Å²) < 4.78 is 0. The van der Waals surface area contributed by atoms with E-state index in [2.05, 4.69) is 15.3 Å². The minimum absolute atomic E-state index is 0.0467. The molecular weight excluding hydrogens is 372 g/mol. The zero-order chi connectivity index (χ0) is 20.1. The van der Waals surface area contributed by atoms with Crippen molar-refractivity contribution >= 4 is 23.4 Å². The Morgan fingerprint density at radius 3 is 2.50 bits per heavy atom. The van der Waals surface area contributed by atoms with Gasteiger partial charge in [0.05, 0.1) is 10.9 Å². The number of para-hydroxylation sites is 1. The quantitative estimate of drug-likeness (QED) is 0.511. The van der Waals surface area contributed by atoms with Crippen LogP contribution >= 0.6 is 11.8 Å². The fourth-order valence-corrected chi connectivity index (χ4v) is 3.32. The first kappa shape index (κ1) is 19.4. The smallest absolute Gasteiger partial charge is 0.270 e. The number of amides is 1. The van der Waals surface area contributed by atoms with Gasteiger partial charge in [0, 0.05) is 11.3 Å². The number of H-pyrrole nitrogens is 1. The maximum atomic E-state index is 12.4. The van der Waals surface area contributed by atoms with Crippen molar-refractivity contribution in [3.63, 3.8) is 0 Å². The second kappa shape index (κ2) is 8.55. The maximum absolute atomic E-state index is 12.4. The average molecular weight is 390 g/mol. The van der Waals surface area contributed by atoms with Crippen molar-refractivity contribution in [2.24, 2.45) is 0 Å². The highest BCUT2D eigenvalue weighted by atomic mass is 32.2. The first-order valence-electron chi connectivity index (χ1n) is 8.62. The Bertz CT molecular complexity index is 1090. The number of benzene rings is 2. The summed E-state index contributed by atoms with van der Waals surface area (Å²) in [6.07, 6.45) is 0. The van der Waals surface area contributed by atoms with Crippen LogP contribution in [-0.2, 0) is 4.79 Å². The molecule has 0 fully saturated rings. The Kier molecular flexibility index (Phi) is 5.92. The Balaban J connectivity index is 1.86. The molecule has 140 valence electrons. The highest BCUT2D eigenvalue weighted by Gasteiger charge is 2.19. The summed E-state index contributed by atoms with van der Waals surface area (Å²) in [7, 11) is 0. The third-order valence-electron chi connectivity index (χ3n) is 4.03. The standard InChI is InChI=1S/C21H18N4O2S/c1-13-8-10-15(11-9-13)18-17(12-22)20(27)25-21(24-18)28-14(2)19(26)23-16-6-4-3-5-7-16/h3-11,14H,1-2H3,(H,23,26)(H,24,25,27)/t14-/m0/s1. The van der Waals surface area contributed by atoms with Crippen LogP contribution in [0.1, 0.15) is 18.1 Å². The van der Waals surface area contributed by atoms with Crippen LogP contribution < -0.4 is 10.9 Å². The summed E-state index contributed by atoms with van der Waals surface area (Å²) in [5.74, 6) is -0.208. The monoisotopic (exact) mass is 390 g/mol. The lowest BCUT2D eigenvalue weighted by molar-refractivity contribution is -0.115. The number of anilines is 1. The highest BCUT2D eigenvalue weighted by Crippen LogP contribution is 2.25. The molecule has 0 saturated carbocycles. The molecule has 3 aromatic rings. The van der Waals surface area contributed by atoms with Gasteiger partial charge in [0.15, 0.2) is 5.16 Å². The van der Waals surface area contributed by atoms with Gasteiger partial charge in [-0.25, -0.2) is 4.98 Å². The second-order valence-corrected chi connectivity index (χ2v) is 7.52. The Hall–Kier alpha value is -3.37. The van der Waals surface area contributed by atoms with E-state index in [1.54, 1.807) is 19.1 Å². The summed E-state index contributed by atoms with van der Waals surface area (Å²) in [5.41, 5.74) is 2.18. The van der Waals surface area contributed by atoms with Gasteiger partial charge in [0.1, 0.15) is 11.6 Å². The Morgan fingerprint density at radius 1 is 1.18 bits per heavy atom. The molecular formula is C21H18N4O2S. The minimum atomic E-state index is -0.522. The van der Waals surface area contributed by atoms with Crippen molar-refractivity contribution < 1.29 is 4.79 Å². The van der Waals surface area contributed by atoms with E-state index >= 15 is 0 Å². The van der Waals surface area contributed by atoms with Gasteiger partial charge >= 0.3 is 0 Å². The molecule has 0 spiro atoms. The van der Waals surface area contributed by atoms with Crippen molar-refractivity contribution in [1.82, 2.24) is 9.97 Å². The van der Waals surface area contributed by atoms with E-state index < -0.39 is 10.8 Å². The third-order valence-corrected chi connectivity index (χ3v) is 5.02. The highest BCUT2D eigenvalue weighted by molar-refractivity contribution is 8.00. The summed E-state index contributed by atoms with van der Waals surface area (Å²) in [6.45, 7) is 3.68. The van der Waals surface area contributed by atoms with Gasteiger partial charge in [0.25, 0.3) is 5.56 Å². The molecule has 1 atom stereocenters. The van der Waals surface area contributed by atoms with Crippen molar-refractivity contribution in [1.29, 1.82) is 5.26 Å². The summed E-state index contributed by atoms with van der Waals surface area (Å²) in [5, 5.41) is 12.0. The van der Waals surface area contributed by atoms with Gasteiger partial charge in [0.2, 0.25) is 5.91 Å². The number of nitriles is 1. The van der Waals surface area contributed by atoms with E-state index in [1.807, 2.05) is 55.5 Å². The molecule has 2 N–H and O–H groups in total. The fourth-order valence-electron chi connectivity index (χ4n) is 2.52. The molecule has 6 nitrogen and oxygen atoms in total. The summed E-state index contributed by atoms with van der Waals surface area (Å²) in [4.78, 5) is 31.8. The molecule has 0 radical (unpaired) electrons. The van der Waals surface area contributed by atoms with Gasteiger partial charge in [-0.15, -0.1) is 0 Å². The minimum Gasteiger partial charge on any atom is -0.325 e. The van der Waals surface area contributed by atoms with Crippen LogP contribution in [0.5, 0.6) is 0 Å². The van der Waals surface area contributed by atoms with E-state index in [-0.39, 0.29) is 16.6 Å². The largest absolute Gasteiger partial charge is 0.325 e. The first-order valence-corrected chi connectivity index (χ1v) is 9.50. The number of hydrogen-bond donors (Lipinski definition) is 2. The van der Waals surface area contributed by atoms with Crippen molar-refractivity contribution in [2.75, 3.05) is 5.32 Å². The Morgan fingerprint density at radius 2 is 1.86 bits per heavy atom. The summed E-state index contributed by atoms with van der Waals surface area (Å²) in [6, 6.07) is 18.5. The van der Waals surface area contributed by atoms with Crippen molar-refractivity contribution in [3.05, 3.63) is 76.1 Å². The number of nitrogens with zero attached hydrogens (tertiary/aromatic N) is 2. The number of rotatable bonds is 5. The lowest BCUT2D eigenvalue weighted by Crippen LogP contribution is -2.23. The number of aromatic nitrogens is 2. The molecule has 1 aromatic heterocycles. The predicted molar refractivity (Wildman–Crippen MR) is 110 cm³/mol. The number of nitrogens with one attached hydrogen (secondary N) is 2. The molecule has 7 heteroatoms. The number of carbonyl (C=O) groups excluding carboxylic acids is 1. The molecule has 2 aromatic carbocycles. The third kappa shape index (κ3) is 4.48. The number of thioether (sulfide) groups is 1. The topological polar surface area (TPSA) is 98.6 Å². The molecule has 1 amide bonds. The molecule has 0 bridgehead atoms. The lowest BCUT2D eigenvalue weighted by Gasteiger charge is -2.12. The number of hydrogen-bond acceptors (Lipinski definition) is 5. The van der Waals surface area contributed by atoms with Gasteiger partial charge in [-0.2, -0.15) is 5.26 Å². The summed E-state index contributed by atoms with van der Waals surface area (Å²) >= 11 is 1.13. The van der Waals surface area contributed by atoms with Gasteiger partial charge in [-0.05, 0) is 26.0 Å². The molecule has 0 unspecified atom stereocenters. The molecule has 3 rings (SSSR count). The van der Waals surface area contributed by atoms with Crippen LogP contribution in [0.2, 0.25) is 0 Å². The van der Waals surface area contributed by atoms with Crippen molar-refractivity contribution in [2.45, 2.75) is 24.3 Å². The molecule has 0 saturated heterocycles. The Labute approximate surface area is 166 Å². The molecule has 0 aliphatic carbocycles. The van der Waals surface area contributed by atoms with E-state index in [0.29, 0.717) is 16.9 Å². The zero-order valence-electron chi connectivity index (χ0n) is 15.4. The van der Waals surface area contributed by atoms with E-state index in [1.165, 1.54) is 0 Å². The maximum Gasteiger partial charge on any atom is 0.270 e. The van der Waals surface area contributed by atoms with E-state index in [4.69, 9.17) is 0 Å². The molecule has 0 aliphatic rings. The van der Waals surface area contributed by atoms with Crippen molar-refractivity contribution in [3.8, 4) is 17.3 Å². The van der Waals surface area contributed by atoms with Crippen LogP contribution in [0, 0.1) is 18.3 Å². The molecule has 28 heavy (non-hydrogen) atoms. The molecule has 0 aliphatic heterocycles. The van der Waals surface area contributed by atoms with Gasteiger partial charge in [-0.1, -0.05) is 59.8 Å². The van der Waals surface area contributed by atoms with E-state index in [0.717, 1.165) is 17.3 Å².